The van der Waals surface area contributed by atoms with Gasteiger partial charge in [0, 0.05) is 6.61 Å². The molecule has 1 amide bonds. The number of carbonyl (C=O) groups excluding carboxylic acids is 1. The highest BCUT2D eigenvalue weighted by Gasteiger charge is 2.04. The van der Waals surface area contributed by atoms with Crippen molar-refractivity contribution in [3.05, 3.63) is 9.98 Å². The maximum absolute atomic E-state index is 11.2. The molecule has 1 heterocycles. The molecule has 0 atom stereocenters. The summed E-state index contributed by atoms with van der Waals surface area (Å²) in [4.78, 5) is 15.2. The third-order valence-corrected chi connectivity index (χ3v) is 2.70. The summed E-state index contributed by atoms with van der Waals surface area (Å²) in [5.41, 5.74) is 0. The Hall–Kier alpha value is -0.460. The lowest BCUT2D eigenvalue weighted by atomic mass is 10.5. The van der Waals surface area contributed by atoms with Gasteiger partial charge in [-0.15, -0.1) is 0 Å². The molecular formula is C8H11BrN2O2S. The molecule has 0 saturated carbocycles. The fraction of sp³-hybridized carbons (Fsp3) is 0.500. The summed E-state index contributed by atoms with van der Waals surface area (Å²) in [6.45, 7) is 2.69. The number of thiazole rings is 1. The summed E-state index contributed by atoms with van der Waals surface area (Å²) < 4.78 is 5.97. The molecule has 78 valence electrons. The van der Waals surface area contributed by atoms with E-state index in [0.29, 0.717) is 11.7 Å². The van der Waals surface area contributed by atoms with Gasteiger partial charge in [0.1, 0.15) is 6.61 Å². The molecular weight excluding hydrogens is 268 g/mol. The van der Waals surface area contributed by atoms with Crippen LogP contribution in [-0.4, -0.2) is 24.1 Å². The van der Waals surface area contributed by atoms with Crippen LogP contribution < -0.4 is 5.32 Å². The van der Waals surface area contributed by atoms with E-state index in [0.717, 1.165) is 10.2 Å². The molecule has 1 rings (SSSR count). The van der Waals surface area contributed by atoms with Crippen molar-refractivity contribution in [1.82, 2.24) is 4.98 Å². The van der Waals surface area contributed by atoms with Gasteiger partial charge in [-0.25, -0.2) is 4.98 Å². The average Bonchev–Trinajstić information content (AvgIpc) is 2.52. The van der Waals surface area contributed by atoms with Crippen molar-refractivity contribution in [2.75, 3.05) is 18.5 Å². The molecule has 0 unspecified atom stereocenters. The SMILES string of the molecule is CCCOCC(=O)Nc1ncc(Br)s1. The normalized spacial score (nSPS) is 10.1. The zero-order chi connectivity index (χ0) is 10.4. The van der Waals surface area contributed by atoms with Crippen molar-refractivity contribution in [3.63, 3.8) is 0 Å². The smallest absolute Gasteiger partial charge is 0.252 e. The van der Waals surface area contributed by atoms with Gasteiger partial charge < -0.3 is 4.74 Å². The quantitative estimate of drug-likeness (QED) is 0.841. The van der Waals surface area contributed by atoms with Crippen molar-refractivity contribution < 1.29 is 9.53 Å². The highest BCUT2D eigenvalue weighted by molar-refractivity contribution is 9.11. The largest absolute Gasteiger partial charge is 0.372 e. The number of carbonyl (C=O) groups is 1. The first kappa shape index (κ1) is 11.6. The minimum atomic E-state index is -0.166. The van der Waals surface area contributed by atoms with Crippen LogP contribution in [-0.2, 0) is 9.53 Å². The zero-order valence-electron chi connectivity index (χ0n) is 7.75. The number of hydrogen-bond acceptors (Lipinski definition) is 4. The van der Waals surface area contributed by atoms with Gasteiger partial charge in [0.2, 0.25) is 0 Å². The van der Waals surface area contributed by atoms with E-state index in [1.165, 1.54) is 11.3 Å². The maximum atomic E-state index is 11.2. The van der Waals surface area contributed by atoms with E-state index in [2.05, 4.69) is 26.2 Å². The van der Waals surface area contributed by atoms with Gasteiger partial charge in [0.05, 0.1) is 9.98 Å². The van der Waals surface area contributed by atoms with Gasteiger partial charge in [0.25, 0.3) is 5.91 Å². The van der Waals surface area contributed by atoms with Crippen LogP contribution in [0.4, 0.5) is 5.13 Å². The second-order valence-electron chi connectivity index (χ2n) is 2.57. The number of rotatable bonds is 5. The monoisotopic (exact) mass is 278 g/mol. The van der Waals surface area contributed by atoms with E-state index in [1.807, 2.05) is 6.92 Å². The lowest BCUT2D eigenvalue weighted by molar-refractivity contribution is -0.120. The second-order valence-corrected chi connectivity index (χ2v) is 4.98. The first-order valence-corrected chi connectivity index (χ1v) is 5.82. The molecule has 4 nitrogen and oxygen atoms in total. The van der Waals surface area contributed by atoms with E-state index in [-0.39, 0.29) is 12.5 Å². The number of nitrogens with zero attached hydrogens (tertiary/aromatic N) is 1. The highest BCUT2D eigenvalue weighted by Crippen LogP contribution is 2.22. The molecule has 0 saturated heterocycles. The van der Waals surface area contributed by atoms with Crippen LogP contribution in [0, 0.1) is 0 Å². The predicted molar refractivity (Wildman–Crippen MR) is 59.6 cm³/mol. The molecule has 0 aliphatic rings. The number of halogens is 1. The first-order valence-electron chi connectivity index (χ1n) is 4.21. The molecule has 1 aromatic heterocycles. The van der Waals surface area contributed by atoms with E-state index in [1.54, 1.807) is 6.20 Å². The van der Waals surface area contributed by atoms with Gasteiger partial charge in [0.15, 0.2) is 5.13 Å². The second kappa shape index (κ2) is 6.10. The molecule has 14 heavy (non-hydrogen) atoms. The van der Waals surface area contributed by atoms with Crippen LogP contribution in [0.25, 0.3) is 0 Å². The van der Waals surface area contributed by atoms with E-state index in [4.69, 9.17) is 4.74 Å². The Morgan fingerprint density at radius 2 is 2.57 bits per heavy atom. The Morgan fingerprint density at radius 3 is 3.14 bits per heavy atom. The van der Waals surface area contributed by atoms with E-state index >= 15 is 0 Å². The molecule has 0 spiro atoms. The number of anilines is 1. The first-order chi connectivity index (χ1) is 6.72. The standard InChI is InChI=1S/C8H11BrN2O2S/c1-2-3-13-5-7(12)11-8-10-4-6(9)14-8/h4H,2-3,5H2,1H3,(H,10,11,12). The molecule has 1 N–H and O–H groups in total. The minimum absolute atomic E-state index is 0.0883. The Kier molecular flexibility index (Phi) is 5.06. The molecule has 0 aliphatic heterocycles. The molecule has 1 aromatic rings. The van der Waals surface area contributed by atoms with Crippen molar-refractivity contribution >= 4 is 38.3 Å². The van der Waals surface area contributed by atoms with E-state index in [9.17, 15) is 4.79 Å². The lowest BCUT2D eigenvalue weighted by Gasteiger charge is -2.01. The molecule has 0 radical (unpaired) electrons. The third kappa shape index (κ3) is 4.17. The Labute approximate surface area is 94.8 Å². The van der Waals surface area contributed by atoms with Crippen molar-refractivity contribution in [3.8, 4) is 0 Å². The van der Waals surface area contributed by atoms with Crippen molar-refractivity contribution in [2.24, 2.45) is 0 Å². The fourth-order valence-corrected chi connectivity index (χ4v) is 1.90. The van der Waals surface area contributed by atoms with Crippen LogP contribution >= 0.6 is 27.3 Å². The summed E-state index contributed by atoms with van der Waals surface area (Å²) in [6, 6.07) is 0. The number of hydrogen-bond donors (Lipinski definition) is 1. The summed E-state index contributed by atoms with van der Waals surface area (Å²) in [5, 5.41) is 3.22. The average molecular weight is 279 g/mol. The molecule has 0 fully saturated rings. The molecule has 0 aromatic carbocycles. The summed E-state index contributed by atoms with van der Waals surface area (Å²) in [5.74, 6) is -0.166. The maximum Gasteiger partial charge on any atom is 0.252 e. The number of amides is 1. The summed E-state index contributed by atoms with van der Waals surface area (Å²) >= 11 is 4.63. The van der Waals surface area contributed by atoms with Crippen LogP contribution in [0.3, 0.4) is 0 Å². The van der Waals surface area contributed by atoms with E-state index < -0.39 is 0 Å². The molecule has 0 aliphatic carbocycles. The van der Waals surface area contributed by atoms with Gasteiger partial charge >= 0.3 is 0 Å². The number of nitrogens with one attached hydrogen (secondary N) is 1. The molecule has 6 heteroatoms. The summed E-state index contributed by atoms with van der Waals surface area (Å²) in [7, 11) is 0. The van der Waals surface area contributed by atoms with Crippen LogP contribution in [0.5, 0.6) is 0 Å². The van der Waals surface area contributed by atoms with Gasteiger partial charge in [-0.2, -0.15) is 0 Å². The number of aromatic nitrogens is 1. The van der Waals surface area contributed by atoms with Crippen LogP contribution in [0.2, 0.25) is 0 Å². The van der Waals surface area contributed by atoms with Crippen LogP contribution in [0.1, 0.15) is 13.3 Å². The summed E-state index contributed by atoms with van der Waals surface area (Å²) in [6.07, 6.45) is 2.56. The Bertz CT molecular complexity index is 303. The highest BCUT2D eigenvalue weighted by atomic mass is 79.9. The predicted octanol–water partition coefficient (Wildman–Crippen LogP) is 2.27. The third-order valence-electron chi connectivity index (χ3n) is 1.31. The van der Waals surface area contributed by atoms with Crippen molar-refractivity contribution in [1.29, 1.82) is 0 Å². The number of ether oxygens (including phenoxy) is 1. The Morgan fingerprint density at radius 1 is 1.79 bits per heavy atom. The lowest BCUT2D eigenvalue weighted by Crippen LogP contribution is -2.18. The van der Waals surface area contributed by atoms with Gasteiger partial charge in [-0.1, -0.05) is 18.3 Å². The molecule has 0 bridgehead atoms. The Balaban J connectivity index is 2.27. The fourth-order valence-electron chi connectivity index (χ4n) is 0.777. The topological polar surface area (TPSA) is 51.2 Å². The van der Waals surface area contributed by atoms with Gasteiger partial charge in [-0.3, -0.25) is 10.1 Å². The van der Waals surface area contributed by atoms with Gasteiger partial charge in [-0.05, 0) is 22.4 Å². The van der Waals surface area contributed by atoms with Crippen LogP contribution in [0.15, 0.2) is 9.98 Å². The zero-order valence-corrected chi connectivity index (χ0v) is 10.2. The van der Waals surface area contributed by atoms with Crippen molar-refractivity contribution in [2.45, 2.75) is 13.3 Å². The minimum Gasteiger partial charge on any atom is -0.372 e.